The molecule has 1 aromatic heterocycles. The Morgan fingerprint density at radius 1 is 1.15 bits per heavy atom. The van der Waals surface area contributed by atoms with Gasteiger partial charge in [-0.25, -0.2) is 0 Å². The third-order valence-electron chi connectivity index (χ3n) is 4.29. The van der Waals surface area contributed by atoms with E-state index in [0.29, 0.717) is 29.3 Å². The molecule has 0 spiro atoms. The maximum Gasteiger partial charge on any atom is 0.291 e. The molecule has 0 aliphatic carbocycles. The highest BCUT2D eigenvalue weighted by atomic mass is 35.5. The number of benzene rings is 1. The second kappa shape index (κ2) is 8.91. The van der Waals surface area contributed by atoms with E-state index >= 15 is 0 Å². The van der Waals surface area contributed by atoms with Crippen molar-refractivity contribution >= 4 is 17.7 Å². The fourth-order valence-electron chi connectivity index (χ4n) is 2.83. The van der Waals surface area contributed by atoms with Crippen LogP contribution in [0.15, 0.2) is 50.7 Å². The zero-order valence-electron chi connectivity index (χ0n) is 16.0. The summed E-state index contributed by atoms with van der Waals surface area (Å²) in [5.74, 6) is 0.987. The molecule has 3 nitrogen and oxygen atoms in total. The van der Waals surface area contributed by atoms with E-state index < -0.39 is 0 Å². The number of halogens is 1. The first-order valence-corrected chi connectivity index (χ1v) is 8.97. The molecule has 0 radical (unpaired) electrons. The summed E-state index contributed by atoms with van der Waals surface area (Å²) in [5, 5.41) is 0.733. The van der Waals surface area contributed by atoms with Crippen molar-refractivity contribution in [2.75, 3.05) is 7.11 Å². The smallest absolute Gasteiger partial charge is 0.291 e. The first-order valence-electron chi connectivity index (χ1n) is 8.60. The van der Waals surface area contributed by atoms with Crippen LogP contribution in [0.3, 0.4) is 0 Å². The molecule has 0 aliphatic rings. The van der Waals surface area contributed by atoms with E-state index in [1.807, 2.05) is 24.3 Å². The van der Waals surface area contributed by atoms with Crippen LogP contribution in [0.5, 0.6) is 5.95 Å². The van der Waals surface area contributed by atoms with Gasteiger partial charge >= 0.3 is 0 Å². The van der Waals surface area contributed by atoms with Crippen LogP contribution < -0.4 is 10.2 Å². The molecule has 2 rings (SSSR count). The van der Waals surface area contributed by atoms with Gasteiger partial charge in [0.15, 0.2) is 5.43 Å². The Kier molecular flexibility index (Phi) is 6.87. The molecule has 0 saturated carbocycles. The number of methoxy groups -OCH3 is 1. The van der Waals surface area contributed by atoms with E-state index in [1.165, 1.54) is 12.7 Å². The van der Waals surface area contributed by atoms with E-state index in [1.54, 1.807) is 13.8 Å². The molecular weight excluding hydrogens is 348 g/mol. The van der Waals surface area contributed by atoms with Gasteiger partial charge in [0.2, 0.25) is 0 Å². The van der Waals surface area contributed by atoms with E-state index in [2.05, 4.69) is 26.0 Å². The van der Waals surface area contributed by atoms with Gasteiger partial charge in [-0.1, -0.05) is 47.0 Å². The van der Waals surface area contributed by atoms with Gasteiger partial charge in [-0.2, -0.15) is 0 Å². The van der Waals surface area contributed by atoms with Crippen molar-refractivity contribution in [3.8, 4) is 5.95 Å². The average molecular weight is 373 g/mol. The summed E-state index contributed by atoms with van der Waals surface area (Å²) in [5.41, 5.74) is 4.65. The number of allylic oxidation sites excluding steroid dienone is 3. The fourth-order valence-corrected chi connectivity index (χ4v) is 2.96. The van der Waals surface area contributed by atoms with Gasteiger partial charge in [-0.15, -0.1) is 0 Å². The predicted octanol–water partition coefficient (Wildman–Crippen LogP) is 5.90. The number of hydrogen-bond acceptors (Lipinski definition) is 3. The molecule has 4 heteroatoms. The maximum atomic E-state index is 12.2. The van der Waals surface area contributed by atoms with Gasteiger partial charge in [0.05, 0.1) is 12.7 Å². The Bertz CT molecular complexity index is 887. The van der Waals surface area contributed by atoms with Crippen molar-refractivity contribution < 1.29 is 9.15 Å². The number of ether oxygens (including phenoxy) is 1. The molecule has 0 bridgehead atoms. The molecule has 138 valence electrons. The lowest BCUT2D eigenvalue weighted by molar-refractivity contribution is 0.279. The lowest BCUT2D eigenvalue weighted by Gasteiger charge is -2.09. The third-order valence-corrected chi connectivity index (χ3v) is 4.54. The largest absolute Gasteiger partial charge is 0.468 e. The zero-order valence-corrected chi connectivity index (χ0v) is 16.7. The minimum Gasteiger partial charge on any atom is -0.468 e. The summed E-state index contributed by atoms with van der Waals surface area (Å²) >= 11 is 5.91. The van der Waals surface area contributed by atoms with Gasteiger partial charge in [-0.3, -0.25) is 4.79 Å². The normalized spacial score (nSPS) is 12.4. The Morgan fingerprint density at radius 3 is 2.42 bits per heavy atom. The summed E-state index contributed by atoms with van der Waals surface area (Å²) in [4.78, 5) is 12.2. The SMILES string of the molecule is COc1oc(CC/C(C)=C/C(C)=C/c2ccc(Cl)cc2)c(C)c(=O)c1C. The number of hydrogen-bond donors (Lipinski definition) is 0. The van der Waals surface area contributed by atoms with E-state index in [-0.39, 0.29) is 5.43 Å². The van der Waals surface area contributed by atoms with Crippen LogP contribution in [0.25, 0.3) is 6.08 Å². The summed E-state index contributed by atoms with van der Waals surface area (Å²) in [6, 6.07) is 7.75. The predicted molar refractivity (Wildman–Crippen MR) is 108 cm³/mol. The van der Waals surface area contributed by atoms with Crippen molar-refractivity contribution in [2.45, 2.75) is 40.5 Å². The Labute approximate surface area is 160 Å². The molecule has 0 amide bonds. The number of rotatable bonds is 6. The fraction of sp³-hybridized carbons (Fsp3) is 0.318. The summed E-state index contributed by atoms with van der Waals surface area (Å²) < 4.78 is 10.9. The van der Waals surface area contributed by atoms with Crippen molar-refractivity contribution in [1.29, 1.82) is 0 Å². The summed E-state index contributed by atoms with van der Waals surface area (Å²) in [6.45, 7) is 7.67. The van der Waals surface area contributed by atoms with Crippen molar-refractivity contribution in [2.24, 2.45) is 0 Å². The minimum atomic E-state index is -0.0106. The molecule has 0 aliphatic heterocycles. The molecule has 0 saturated heterocycles. The molecule has 2 aromatic rings. The monoisotopic (exact) mass is 372 g/mol. The lowest BCUT2D eigenvalue weighted by atomic mass is 10.0. The highest BCUT2D eigenvalue weighted by Crippen LogP contribution is 2.21. The Hall–Kier alpha value is -2.26. The second-order valence-electron chi connectivity index (χ2n) is 6.53. The summed E-state index contributed by atoms with van der Waals surface area (Å²) in [6.07, 6.45) is 5.73. The second-order valence-corrected chi connectivity index (χ2v) is 6.96. The molecule has 26 heavy (non-hydrogen) atoms. The van der Waals surface area contributed by atoms with Gasteiger partial charge in [-0.05, 0) is 51.8 Å². The van der Waals surface area contributed by atoms with Crippen LogP contribution in [0, 0.1) is 13.8 Å². The molecule has 0 N–H and O–H groups in total. The Morgan fingerprint density at radius 2 is 1.81 bits per heavy atom. The minimum absolute atomic E-state index is 0.0106. The van der Waals surface area contributed by atoms with Crippen LogP contribution in [-0.2, 0) is 6.42 Å². The first kappa shape index (κ1) is 20.1. The van der Waals surface area contributed by atoms with Gasteiger partial charge in [0.1, 0.15) is 5.76 Å². The summed E-state index contributed by atoms with van der Waals surface area (Å²) in [7, 11) is 1.51. The van der Waals surface area contributed by atoms with Crippen LogP contribution >= 0.6 is 11.6 Å². The van der Waals surface area contributed by atoms with Crippen molar-refractivity contribution in [3.05, 3.63) is 79.2 Å². The van der Waals surface area contributed by atoms with Gasteiger partial charge in [0.25, 0.3) is 5.95 Å². The average Bonchev–Trinajstić information content (AvgIpc) is 2.61. The van der Waals surface area contributed by atoms with Crippen LogP contribution in [-0.4, -0.2) is 7.11 Å². The topological polar surface area (TPSA) is 39.4 Å². The third kappa shape index (κ3) is 5.12. The highest BCUT2D eigenvalue weighted by molar-refractivity contribution is 6.30. The zero-order chi connectivity index (χ0) is 19.3. The molecule has 0 atom stereocenters. The van der Waals surface area contributed by atoms with Crippen molar-refractivity contribution in [3.63, 3.8) is 0 Å². The standard InChI is InChI=1S/C22H25ClO3/c1-14(12-15(2)13-18-7-9-19(23)10-8-18)6-11-20-16(3)21(24)17(4)22(25-5)26-20/h7-10,12-13H,6,11H2,1-5H3/b14-12+,15-13+. The van der Waals surface area contributed by atoms with Crippen LogP contribution in [0.1, 0.15) is 42.7 Å². The van der Waals surface area contributed by atoms with Crippen molar-refractivity contribution in [1.82, 2.24) is 0 Å². The molecule has 1 heterocycles. The van der Waals surface area contributed by atoms with E-state index in [0.717, 1.165) is 22.6 Å². The molecule has 0 fully saturated rings. The van der Waals surface area contributed by atoms with Gasteiger partial charge < -0.3 is 9.15 Å². The quantitative estimate of drug-likeness (QED) is 0.592. The highest BCUT2D eigenvalue weighted by Gasteiger charge is 2.13. The number of aryl methyl sites for hydroxylation is 1. The van der Waals surface area contributed by atoms with Crippen LogP contribution in [0.2, 0.25) is 5.02 Å². The molecule has 0 unspecified atom stereocenters. The van der Waals surface area contributed by atoms with Gasteiger partial charge in [0, 0.05) is 17.0 Å². The first-order chi connectivity index (χ1) is 12.3. The van der Waals surface area contributed by atoms with E-state index in [9.17, 15) is 4.79 Å². The van der Waals surface area contributed by atoms with E-state index in [4.69, 9.17) is 20.8 Å². The lowest BCUT2D eigenvalue weighted by Crippen LogP contribution is -2.13. The Balaban J connectivity index is 2.11. The molecule has 1 aromatic carbocycles. The van der Waals surface area contributed by atoms with Crippen LogP contribution in [0.4, 0.5) is 0 Å². The molecular formula is C22H25ClO3. The maximum absolute atomic E-state index is 12.2.